The summed E-state index contributed by atoms with van der Waals surface area (Å²) >= 11 is 6.13. The van der Waals surface area contributed by atoms with Gasteiger partial charge in [-0.3, -0.25) is 4.68 Å². The fraction of sp³-hybridized carbons (Fsp3) is 0.0714. The van der Waals surface area contributed by atoms with Gasteiger partial charge in [0, 0.05) is 18.8 Å². The number of rotatable bonds is 3. The Kier molecular flexibility index (Phi) is 3.45. The van der Waals surface area contributed by atoms with Crippen LogP contribution in [0.25, 0.3) is 11.3 Å². The first kappa shape index (κ1) is 13.4. The van der Waals surface area contributed by atoms with E-state index in [0.29, 0.717) is 22.2 Å². The van der Waals surface area contributed by atoms with Crippen molar-refractivity contribution in [2.45, 2.75) is 0 Å². The predicted octanol–water partition coefficient (Wildman–Crippen LogP) is 2.98. The summed E-state index contributed by atoms with van der Waals surface area (Å²) in [5.74, 6) is 0.496. The molecule has 0 spiro atoms. The summed E-state index contributed by atoms with van der Waals surface area (Å²) < 4.78 is 1.67. The minimum absolute atomic E-state index is 0.116. The van der Waals surface area contributed by atoms with Crippen molar-refractivity contribution in [2.24, 2.45) is 7.05 Å². The molecular weight excluding hydrogens is 290 g/mol. The molecule has 0 fully saturated rings. The molecule has 0 saturated heterocycles. The van der Waals surface area contributed by atoms with Crippen LogP contribution >= 0.6 is 11.6 Å². The Morgan fingerprint density at radius 3 is 2.76 bits per heavy atom. The standard InChI is InChI=1S/C14H12ClN5O/c1-20-8-9(6-17-20)18-14-16-7-11(15)13(19-14)10-4-2-3-5-12(10)21/h2-8,21H,1H3,(H,16,18,19). The molecule has 2 N–H and O–H groups in total. The average molecular weight is 302 g/mol. The predicted molar refractivity (Wildman–Crippen MR) is 80.6 cm³/mol. The van der Waals surface area contributed by atoms with Crippen LogP contribution in [0, 0.1) is 0 Å². The molecule has 0 aliphatic rings. The lowest BCUT2D eigenvalue weighted by Crippen LogP contribution is -1.98. The Morgan fingerprint density at radius 1 is 1.24 bits per heavy atom. The van der Waals surface area contributed by atoms with E-state index in [1.54, 1.807) is 35.3 Å². The number of aromatic nitrogens is 4. The molecule has 7 heteroatoms. The molecular formula is C14H12ClN5O. The van der Waals surface area contributed by atoms with Gasteiger partial charge in [-0.15, -0.1) is 0 Å². The number of aromatic hydroxyl groups is 1. The van der Waals surface area contributed by atoms with Gasteiger partial charge in [-0.05, 0) is 12.1 Å². The zero-order valence-electron chi connectivity index (χ0n) is 11.2. The summed E-state index contributed by atoms with van der Waals surface area (Å²) in [6, 6.07) is 6.88. The minimum Gasteiger partial charge on any atom is -0.507 e. The molecule has 0 atom stereocenters. The molecule has 6 nitrogen and oxygen atoms in total. The van der Waals surface area contributed by atoms with Gasteiger partial charge in [0.05, 0.1) is 28.8 Å². The molecule has 3 rings (SSSR count). The largest absolute Gasteiger partial charge is 0.507 e. The van der Waals surface area contributed by atoms with Crippen molar-refractivity contribution >= 4 is 23.2 Å². The summed E-state index contributed by atoms with van der Waals surface area (Å²) in [6.07, 6.45) is 4.96. The monoisotopic (exact) mass is 301 g/mol. The second-order valence-corrected chi connectivity index (χ2v) is 4.84. The zero-order chi connectivity index (χ0) is 14.8. The average Bonchev–Trinajstić information content (AvgIpc) is 2.87. The molecule has 0 radical (unpaired) electrons. The molecule has 106 valence electrons. The number of phenolic OH excluding ortho intramolecular Hbond substituents is 1. The first-order chi connectivity index (χ1) is 10.1. The van der Waals surface area contributed by atoms with Gasteiger partial charge in [-0.2, -0.15) is 5.10 Å². The summed E-state index contributed by atoms with van der Waals surface area (Å²) in [5.41, 5.74) is 1.79. The number of aryl methyl sites for hydroxylation is 1. The van der Waals surface area contributed by atoms with Crippen LogP contribution in [0.3, 0.4) is 0 Å². The highest BCUT2D eigenvalue weighted by atomic mass is 35.5. The van der Waals surface area contributed by atoms with Gasteiger partial charge in [0.2, 0.25) is 5.95 Å². The van der Waals surface area contributed by atoms with Crippen LogP contribution in [-0.4, -0.2) is 24.9 Å². The number of hydrogen-bond acceptors (Lipinski definition) is 5. The molecule has 0 amide bonds. The van der Waals surface area contributed by atoms with Crippen LogP contribution in [0.5, 0.6) is 5.75 Å². The van der Waals surface area contributed by atoms with E-state index in [0.717, 1.165) is 5.69 Å². The molecule has 2 heterocycles. The van der Waals surface area contributed by atoms with Crippen molar-refractivity contribution in [1.82, 2.24) is 19.7 Å². The number of phenols is 1. The molecule has 2 aromatic heterocycles. The van der Waals surface area contributed by atoms with E-state index in [9.17, 15) is 5.11 Å². The number of hydrogen-bond donors (Lipinski definition) is 2. The molecule has 0 bridgehead atoms. The van der Waals surface area contributed by atoms with Gasteiger partial charge in [0.25, 0.3) is 0 Å². The fourth-order valence-corrected chi connectivity index (χ4v) is 2.10. The van der Waals surface area contributed by atoms with Crippen LogP contribution in [0.4, 0.5) is 11.6 Å². The van der Waals surface area contributed by atoms with Crippen LogP contribution in [0.15, 0.2) is 42.9 Å². The topological polar surface area (TPSA) is 75.9 Å². The van der Waals surface area contributed by atoms with Crippen LogP contribution < -0.4 is 5.32 Å². The number of nitrogens with one attached hydrogen (secondary N) is 1. The van der Waals surface area contributed by atoms with E-state index < -0.39 is 0 Å². The molecule has 3 aromatic rings. The second kappa shape index (κ2) is 5.41. The van der Waals surface area contributed by atoms with Gasteiger partial charge >= 0.3 is 0 Å². The summed E-state index contributed by atoms with van der Waals surface area (Å²) in [6.45, 7) is 0. The Hall–Kier alpha value is -2.60. The number of nitrogens with zero attached hydrogens (tertiary/aromatic N) is 4. The van der Waals surface area contributed by atoms with Gasteiger partial charge in [0.1, 0.15) is 5.75 Å². The van der Waals surface area contributed by atoms with E-state index in [1.165, 1.54) is 6.20 Å². The van der Waals surface area contributed by atoms with Crippen LogP contribution in [-0.2, 0) is 7.05 Å². The van der Waals surface area contributed by atoms with Crippen molar-refractivity contribution in [3.05, 3.63) is 47.9 Å². The molecule has 0 aliphatic carbocycles. The van der Waals surface area contributed by atoms with E-state index >= 15 is 0 Å². The maximum absolute atomic E-state index is 9.92. The Bertz CT molecular complexity index is 787. The lowest BCUT2D eigenvalue weighted by molar-refractivity contribution is 0.477. The van der Waals surface area contributed by atoms with E-state index in [4.69, 9.17) is 11.6 Å². The number of halogens is 1. The van der Waals surface area contributed by atoms with Crippen molar-refractivity contribution < 1.29 is 5.11 Å². The van der Waals surface area contributed by atoms with E-state index in [-0.39, 0.29) is 5.75 Å². The SMILES string of the molecule is Cn1cc(Nc2ncc(Cl)c(-c3ccccc3O)n2)cn1. The number of benzene rings is 1. The lowest BCUT2D eigenvalue weighted by Gasteiger charge is -2.08. The normalized spacial score (nSPS) is 10.6. The quantitative estimate of drug-likeness (QED) is 0.778. The maximum Gasteiger partial charge on any atom is 0.227 e. The summed E-state index contributed by atoms with van der Waals surface area (Å²) in [4.78, 5) is 8.48. The third kappa shape index (κ3) is 2.80. The van der Waals surface area contributed by atoms with Crippen molar-refractivity contribution in [1.29, 1.82) is 0 Å². The molecule has 1 aromatic carbocycles. The van der Waals surface area contributed by atoms with Gasteiger partial charge in [-0.1, -0.05) is 23.7 Å². The van der Waals surface area contributed by atoms with Crippen LogP contribution in [0.2, 0.25) is 5.02 Å². The van der Waals surface area contributed by atoms with Crippen molar-refractivity contribution in [2.75, 3.05) is 5.32 Å². The highest BCUT2D eigenvalue weighted by Crippen LogP contribution is 2.32. The fourth-order valence-electron chi connectivity index (χ4n) is 1.90. The second-order valence-electron chi connectivity index (χ2n) is 4.43. The third-order valence-corrected chi connectivity index (χ3v) is 3.14. The molecule has 0 unspecified atom stereocenters. The Labute approximate surface area is 126 Å². The Balaban J connectivity index is 1.98. The highest BCUT2D eigenvalue weighted by Gasteiger charge is 2.12. The first-order valence-electron chi connectivity index (χ1n) is 6.20. The first-order valence-corrected chi connectivity index (χ1v) is 6.58. The van der Waals surface area contributed by atoms with Gasteiger partial charge in [0.15, 0.2) is 0 Å². The molecule has 21 heavy (non-hydrogen) atoms. The zero-order valence-corrected chi connectivity index (χ0v) is 11.9. The smallest absolute Gasteiger partial charge is 0.227 e. The maximum atomic E-state index is 9.92. The van der Waals surface area contributed by atoms with E-state index in [2.05, 4.69) is 20.4 Å². The lowest BCUT2D eigenvalue weighted by atomic mass is 10.1. The van der Waals surface area contributed by atoms with Gasteiger partial charge < -0.3 is 10.4 Å². The number of para-hydroxylation sites is 1. The van der Waals surface area contributed by atoms with Gasteiger partial charge in [-0.25, -0.2) is 9.97 Å². The highest BCUT2D eigenvalue weighted by molar-refractivity contribution is 6.33. The minimum atomic E-state index is 0.116. The molecule has 0 aliphatic heterocycles. The number of anilines is 2. The summed E-state index contributed by atoms with van der Waals surface area (Å²) in [7, 11) is 1.82. The Morgan fingerprint density at radius 2 is 2.05 bits per heavy atom. The van der Waals surface area contributed by atoms with Crippen LogP contribution in [0.1, 0.15) is 0 Å². The van der Waals surface area contributed by atoms with Crippen molar-refractivity contribution in [3.63, 3.8) is 0 Å². The van der Waals surface area contributed by atoms with Crippen molar-refractivity contribution in [3.8, 4) is 17.0 Å². The molecule has 0 saturated carbocycles. The third-order valence-electron chi connectivity index (χ3n) is 2.86. The summed E-state index contributed by atoms with van der Waals surface area (Å²) in [5, 5.41) is 17.4. The van der Waals surface area contributed by atoms with E-state index in [1.807, 2.05) is 13.1 Å².